The summed E-state index contributed by atoms with van der Waals surface area (Å²) in [5, 5.41) is 9.45. The molecule has 2 heteroatoms. The molecule has 1 rings (SSSR count). The summed E-state index contributed by atoms with van der Waals surface area (Å²) >= 11 is 0. The van der Waals surface area contributed by atoms with Crippen LogP contribution >= 0.6 is 0 Å². The Labute approximate surface area is 114 Å². The van der Waals surface area contributed by atoms with Crippen LogP contribution in [0.2, 0.25) is 0 Å². The summed E-state index contributed by atoms with van der Waals surface area (Å²) in [6, 6.07) is 0. The van der Waals surface area contributed by atoms with Crippen molar-refractivity contribution in [2.45, 2.75) is 53.9 Å². The highest BCUT2D eigenvalue weighted by Crippen LogP contribution is 2.34. The average Bonchev–Trinajstić information content (AvgIpc) is 2.49. The van der Waals surface area contributed by atoms with E-state index in [-0.39, 0.29) is 0 Å². The summed E-state index contributed by atoms with van der Waals surface area (Å²) in [5.74, 6) is 1.88. The highest BCUT2D eigenvalue weighted by molar-refractivity contribution is 4.80. The van der Waals surface area contributed by atoms with Crippen molar-refractivity contribution >= 4 is 0 Å². The van der Waals surface area contributed by atoms with Gasteiger partial charge in [0.05, 0.1) is 0 Å². The minimum Gasteiger partial charge on any atom is -0.396 e. The summed E-state index contributed by atoms with van der Waals surface area (Å²) in [6.07, 6.45) is 4.00. The molecule has 0 unspecified atom stereocenters. The van der Waals surface area contributed by atoms with Crippen LogP contribution in [-0.4, -0.2) is 36.2 Å². The summed E-state index contributed by atoms with van der Waals surface area (Å²) in [5.41, 5.74) is 0.449. The van der Waals surface area contributed by atoms with Crippen LogP contribution in [0.1, 0.15) is 53.9 Å². The molecule has 1 heterocycles. The van der Waals surface area contributed by atoms with Crippen LogP contribution in [0.4, 0.5) is 0 Å². The molecule has 108 valence electrons. The summed E-state index contributed by atoms with van der Waals surface area (Å²) in [7, 11) is 0. The lowest BCUT2D eigenvalue weighted by Gasteiger charge is -2.30. The van der Waals surface area contributed by atoms with Crippen LogP contribution in [0.15, 0.2) is 0 Å². The van der Waals surface area contributed by atoms with Gasteiger partial charge in [-0.1, -0.05) is 34.6 Å². The number of hydrogen-bond donors (Lipinski definition) is 1. The van der Waals surface area contributed by atoms with Crippen molar-refractivity contribution in [3.63, 3.8) is 0 Å². The molecular formula is C16H33NO. The molecule has 1 fully saturated rings. The van der Waals surface area contributed by atoms with Gasteiger partial charge in [0.25, 0.3) is 0 Å². The first kappa shape index (κ1) is 16.0. The molecular weight excluding hydrogens is 222 g/mol. The van der Waals surface area contributed by atoms with Gasteiger partial charge >= 0.3 is 0 Å². The smallest absolute Gasteiger partial charge is 0.0473 e. The first-order valence-corrected chi connectivity index (χ1v) is 7.67. The Morgan fingerprint density at radius 2 is 1.83 bits per heavy atom. The molecule has 0 bridgehead atoms. The van der Waals surface area contributed by atoms with Gasteiger partial charge in [-0.05, 0) is 55.5 Å². The van der Waals surface area contributed by atoms with Gasteiger partial charge in [0.15, 0.2) is 0 Å². The van der Waals surface area contributed by atoms with Crippen LogP contribution in [0.25, 0.3) is 0 Å². The third-order valence-corrected chi connectivity index (χ3v) is 4.72. The normalized spacial score (nSPS) is 25.2. The Kier molecular flexibility index (Phi) is 6.13. The molecule has 0 radical (unpaired) electrons. The second-order valence-corrected chi connectivity index (χ2v) is 7.48. The number of nitrogens with zero attached hydrogens (tertiary/aromatic N) is 1. The maximum Gasteiger partial charge on any atom is 0.0473 e. The molecule has 1 saturated heterocycles. The fraction of sp³-hybridized carbons (Fsp3) is 1.00. The Morgan fingerprint density at radius 3 is 2.33 bits per heavy atom. The second kappa shape index (κ2) is 6.91. The molecule has 0 saturated carbocycles. The van der Waals surface area contributed by atoms with Crippen molar-refractivity contribution in [2.24, 2.45) is 23.2 Å². The summed E-state index contributed by atoms with van der Waals surface area (Å²) in [6.45, 7) is 15.4. The van der Waals surface area contributed by atoms with E-state index in [0.717, 1.165) is 12.5 Å². The fourth-order valence-corrected chi connectivity index (χ4v) is 3.02. The Balaban J connectivity index is 2.47. The zero-order valence-corrected chi connectivity index (χ0v) is 13.1. The molecule has 0 spiro atoms. The number of aliphatic hydroxyl groups is 1. The first-order valence-electron chi connectivity index (χ1n) is 7.67. The fourth-order valence-electron chi connectivity index (χ4n) is 3.02. The van der Waals surface area contributed by atoms with E-state index in [9.17, 15) is 5.11 Å². The molecule has 1 aliphatic heterocycles. The largest absolute Gasteiger partial charge is 0.396 e. The van der Waals surface area contributed by atoms with Crippen LogP contribution in [0, 0.1) is 23.2 Å². The lowest BCUT2D eigenvalue weighted by atomic mass is 9.77. The van der Waals surface area contributed by atoms with Gasteiger partial charge in [-0.2, -0.15) is 0 Å². The molecule has 2 atom stereocenters. The average molecular weight is 255 g/mol. The van der Waals surface area contributed by atoms with Gasteiger partial charge in [0.2, 0.25) is 0 Å². The Bertz CT molecular complexity index is 232. The quantitative estimate of drug-likeness (QED) is 0.832. The molecule has 18 heavy (non-hydrogen) atoms. The van der Waals surface area contributed by atoms with Crippen LogP contribution in [-0.2, 0) is 0 Å². The predicted octanol–water partition coefficient (Wildman–Crippen LogP) is 3.40. The molecule has 0 aliphatic carbocycles. The van der Waals surface area contributed by atoms with E-state index in [4.69, 9.17) is 0 Å². The van der Waals surface area contributed by atoms with E-state index >= 15 is 0 Å². The zero-order chi connectivity index (χ0) is 13.8. The molecule has 1 aliphatic rings. The SMILES string of the molecule is CC(C)[C@@H](CO)CN1CCC[C@@H](C(C)(C)C)CC1. The topological polar surface area (TPSA) is 23.5 Å². The molecule has 1 N–H and O–H groups in total. The van der Waals surface area contributed by atoms with Crippen molar-refractivity contribution in [1.29, 1.82) is 0 Å². The van der Waals surface area contributed by atoms with Crippen molar-refractivity contribution in [1.82, 2.24) is 4.90 Å². The monoisotopic (exact) mass is 255 g/mol. The van der Waals surface area contributed by atoms with E-state index in [1.807, 2.05) is 0 Å². The van der Waals surface area contributed by atoms with Gasteiger partial charge < -0.3 is 10.0 Å². The van der Waals surface area contributed by atoms with Crippen LogP contribution < -0.4 is 0 Å². The number of hydrogen-bond acceptors (Lipinski definition) is 2. The molecule has 2 nitrogen and oxygen atoms in total. The molecule has 0 aromatic rings. The second-order valence-electron chi connectivity index (χ2n) is 7.48. The minimum atomic E-state index is 0.330. The van der Waals surface area contributed by atoms with Crippen molar-refractivity contribution in [2.75, 3.05) is 26.2 Å². The van der Waals surface area contributed by atoms with E-state index in [0.29, 0.717) is 23.9 Å². The van der Waals surface area contributed by atoms with E-state index in [1.165, 1.54) is 32.4 Å². The highest BCUT2D eigenvalue weighted by Gasteiger charge is 2.27. The first-order chi connectivity index (χ1) is 8.34. The Morgan fingerprint density at radius 1 is 1.17 bits per heavy atom. The molecule has 0 aromatic carbocycles. The number of aliphatic hydroxyl groups excluding tert-OH is 1. The number of rotatable bonds is 4. The van der Waals surface area contributed by atoms with Gasteiger partial charge in [-0.3, -0.25) is 0 Å². The minimum absolute atomic E-state index is 0.330. The van der Waals surface area contributed by atoms with Gasteiger partial charge in [-0.15, -0.1) is 0 Å². The van der Waals surface area contributed by atoms with E-state index < -0.39 is 0 Å². The van der Waals surface area contributed by atoms with Crippen molar-refractivity contribution < 1.29 is 5.11 Å². The third kappa shape index (κ3) is 4.89. The predicted molar refractivity (Wildman–Crippen MR) is 78.6 cm³/mol. The van der Waals surface area contributed by atoms with E-state index in [1.54, 1.807) is 0 Å². The number of likely N-dealkylation sites (tertiary alicyclic amines) is 1. The van der Waals surface area contributed by atoms with Gasteiger partial charge in [-0.25, -0.2) is 0 Å². The summed E-state index contributed by atoms with van der Waals surface area (Å²) in [4.78, 5) is 2.58. The standard InChI is InChI=1S/C16H33NO/c1-13(2)14(12-18)11-17-9-6-7-15(8-10-17)16(3,4)5/h13-15,18H,6-12H2,1-5H3/t14-,15-/m1/s1. The molecule has 0 amide bonds. The van der Waals surface area contributed by atoms with Gasteiger partial charge in [0, 0.05) is 13.2 Å². The maximum atomic E-state index is 9.45. The summed E-state index contributed by atoms with van der Waals surface area (Å²) < 4.78 is 0. The molecule has 0 aromatic heterocycles. The van der Waals surface area contributed by atoms with E-state index in [2.05, 4.69) is 39.5 Å². The lowest BCUT2D eigenvalue weighted by molar-refractivity contribution is 0.131. The van der Waals surface area contributed by atoms with Crippen molar-refractivity contribution in [3.05, 3.63) is 0 Å². The van der Waals surface area contributed by atoms with Crippen LogP contribution in [0.3, 0.4) is 0 Å². The zero-order valence-electron chi connectivity index (χ0n) is 13.1. The lowest BCUT2D eigenvalue weighted by Crippen LogP contribution is -2.34. The maximum absolute atomic E-state index is 9.45. The Hall–Kier alpha value is -0.0800. The highest BCUT2D eigenvalue weighted by atomic mass is 16.3. The van der Waals surface area contributed by atoms with Crippen molar-refractivity contribution in [3.8, 4) is 0 Å². The third-order valence-electron chi connectivity index (χ3n) is 4.72. The van der Waals surface area contributed by atoms with Crippen LogP contribution in [0.5, 0.6) is 0 Å². The van der Waals surface area contributed by atoms with Gasteiger partial charge in [0.1, 0.15) is 0 Å².